The topological polar surface area (TPSA) is 46.5 Å². The molecule has 0 fully saturated rings. The van der Waals surface area contributed by atoms with Gasteiger partial charge in [-0.1, -0.05) is 11.6 Å². The third-order valence-corrected chi connectivity index (χ3v) is 1.01. The van der Waals surface area contributed by atoms with Gasteiger partial charge in [0.15, 0.2) is 0 Å². The fourth-order valence-corrected chi connectivity index (χ4v) is 0.530. The maximum absolute atomic E-state index is 10.3. The molecule has 0 bridgehead atoms. The van der Waals surface area contributed by atoms with Crippen molar-refractivity contribution in [2.75, 3.05) is 0 Å². The summed E-state index contributed by atoms with van der Waals surface area (Å²) < 4.78 is 0. The van der Waals surface area contributed by atoms with Crippen LogP contribution in [0.15, 0.2) is 16.8 Å². The lowest BCUT2D eigenvalue weighted by atomic mass is 10.2. The molecule has 0 N–H and O–H groups in total. The molecule has 0 aliphatic heterocycles. The number of carbonyl (C=O) groups excluding carboxylic acids is 1. The Bertz CT molecular complexity index is 157. The van der Waals surface area contributed by atoms with Crippen LogP contribution in [0.4, 0.5) is 0 Å². The molecule has 0 aliphatic carbocycles. The Morgan fingerprint density at radius 3 is 2.50 bits per heavy atom. The third kappa shape index (κ3) is 5.15. The summed E-state index contributed by atoms with van der Waals surface area (Å²) in [7, 11) is 0. The van der Waals surface area contributed by atoms with Gasteiger partial charge in [-0.3, -0.25) is 4.79 Å². The largest absolute Gasteiger partial charge is 0.286 e. The van der Waals surface area contributed by atoms with E-state index in [2.05, 4.69) is 5.18 Å². The van der Waals surface area contributed by atoms with E-state index in [1.807, 2.05) is 19.9 Å². The number of hydrogen-bond acceptors (Lipinski definition) is 2. The molecule has 0 saturated carbocycles. The number of carbonyl (C=O) groups is 1. The van der Waals surface area contributed by atoms with Gasteiger partial charge in [0.25, 0.3) is 5.91 Å². The molecule has 10 heavy (non-hydrogen) atoms. The smallest absolute Gasteiger partial charge is 0.269 e. The van der Waals surface area contributed by atoms with Crippen molar-refractivity contribution < 1.29 is 4.79 Å². The molecule has 0 aromatic heterocycles. The Balaban J connectivity index is 3.46. The molecule has 0 spiro atoms. The van der Waals surface area contributed by atoms with Crippen LogP contribution in [-0.4, -0.2) is 5.91 Å². The van der Waals surface area contributed by atoms with Crippen molar-refractivity contribution in [3.63, 3.8) is 0 Å². The SMILES string of the molecule is CC(C)=CCCC(=O)N=O. The van der Waals surface area contributed by atoms with Gasteiger partial charge < -0.3 is 0 Å². The summed E-state index contributed by atoms with van der Waals surface area (Å²) in [4.78, 5) is 19.8. The van der Waals surface area contributed by atoms with Gasteiger partial charge in [0, 0.05) is 11.6 Å². The van der Waals surface area contributed by atoms with E-state index in [4.69, 9.17) is 0 Å². The molecule has 3 heteroatoms. The molecule has 3 nitrogen and oxygen atoms in total. The van der Waals surface area contributed by atoms with E-state index in [0.717, 1.165) is 5.57 Å². The minimum atomic E-state index is -0.572. The lowest BCUT2D eigenvalue weighted by Gasteiger charge is -1.87. The summed E-state index contributed by atoms with van der Waals surface area (Å²) in [6.45, 7) is 3.89. The Kier molecular flexibility index (Phi) is 4.37. The Labute approximate surface area is 60.1 Å². The molecule has 0 aromatic carbocycles. The number of amides is 1. The standard InChI is InChI=1S/C7H11NO2/c1-6(2)4-3-5-7(9)8-10/h4H,3,5H2,1-2H3. The number of nitroso groups, excluding NO2 is 1. The van der Waals surface area contributed by atoms with Crippen LogP contribution < -0.4 is 0 Å². The molecule has 1 amide bonds. The van der Waals surface area contributed by atoms with Crippen LogP contribution in [0, 0.1) is 4.91 Å². The number of hydrogen-bond donors (Lipinski definition) is 0. The second kappa shape index (κ2) is 4.85. The minimum Gasteiger partial charge on any atom is -0.269 e. The van der Waals surface area contributed by atoms with Crippen LogP contribution >= 0.6 is 0 Å². The molecule has 0 radical (unpaired) electrons. The molecule has 0 saturated heterocycles. The molecule has 0 rings (SSSR count). The number of nitrogens with zero attached hydrogens (tertiary/aromatic N) is 1. The van der Waals surface area contributed by atoms with Crippen molar-refractivity contribution in [1.82, 2.24) is 0 Å². The summed E-state index contributed by atoms with van der Waals surface area (Å²) in [5.41, 5.74) is 1.15. The summed E-state index contributed by atoms with van der Waals surface area (Å²) in [6.07, 6.45) is 2.75. The summed E-state index contributed by atoms with van der Waals surface area (Å²) in [5, 5.41) is 2.27. The first-order chi connectivity index (χ1) is 4.66. The lowest BCUT2D eigenvalue weighted by molar-refractivity contribution is -0.117. The summed E-state index contributed by atoms with van der Waals surface area (Å²) in [6, 6.07) is 0. The van der Waals surface area contributed by atoms with Crippen molar-refractivity contribution in [3.05, 3.63) is 16.6 Å². The molecular formula is C7H11NO2. The Hall–Kier alpha value is -0.990. The van der Waals surface area contributed by atoms with Gasteiger partial charge in [0.1, 0.15) is 0 Å². The van der Waals surface area contributed by atoms with Crippen molar-refractivity contribution in [1.29, 1.82) is 0 Å². The number of allylic oxidation sites excluding steroid dienone is 2. The average Bonchev–Trinajstić information content (AvgIpc) is 1.87. The van der Waals surface area contributed by atoms with Gasteiger partial charge in [-0.25, -0.2) is 0 Å². The zero-order valence-corrected chi connectivity index (χ0v) is 6.26. The van der Waals surface area contributed by atoms with E-state index in [-0.39, 0.29) is 6.42 Å². The second-order valence-electron chi connectivity index (χ2n) is 2.31. The zero-order chi connectivity index (χ0) is 7.98. The lowest BCUT2D eigenvalue weighted by Crippen LogP contribution is -1.88. The quantitative estimate of drug-likeness (QED) is 0.446. The first kappa shape index (κ1) is 9.01. The normalized spacial score (nSPS) is 8.60. The molecule has 0 heterocycles. The first-order valence-corrected chi connectivity index (χ1v) is 3.16. The molecule has 0 unspecified atom stereocenters. The van der Waals surface area contributed by atoms with E-state index in [1.54, 1.807) is 0 Å². The monoisotopic (exact) mass is 141 g/mol. The maximum atomic E-state index is 10.3. The van der Waals surface area contributed by atoms with E-state index in [0.29, 0.717) is 6.42 Å². The second-order valence-corrected chi connectivity index (χ2v) is 2.31. The highest BCUT2D eigenvalue weighted by Crippen LogP contribution is 1.97. The third-order valence-electron chi connectivity index (χ3n) is 1.01. The highest BCUT2D eigenvalue weighted by Gasteiger charge is 1.96. The van der Waals surface area contributed by atoms with Crippen molar-refractivity contribution >= 4 is 5.91 Å². The van der Waals surface area contributed by atoms with Gasteiger partial charge in [0.2, 0.25) is 0 Å². The fraction of sp³-hybridized carbons (Fsp3) is 0.571. The molecule has 56 valence electrons. The van der Waals surface area contributed by atoms with E-state index in [1.165, 1.54) is 0 Å². The average molecular weight is 141 g/mol. The van der Waals surface area contributed by atoms with Crippen LogP contribution in [0.5, 0.6) is 0 Å². The van der Waals surface area contributed by atoms with Gasteiger partial charge in [-0.2, -0.15) is 0 Å². The van der Waals surface area contributed by atoms with E-state index in [9.17, 15) is 9.70 Å². The Morgan fingerprint density at radius 1 is 1.50 bits per heavy atom. The molecule has 0 aliphatic rings. The fourth-order valence-electron chi connectivity index (χ4n) is 0.530. The van der Waals surface area contributed by atoms with Gasteiger partial charge >= 0.3 is 0 Å². The molecular weight excluding hydrogens is 130 g/mol. The predicted molar refractivity (Wildman–Crippen MR) is 39.5 cm³/mol. The van der Waals surface area contributed by atoms with Crippen molar-refractivity contribution in [2.24, 2.45) is 5.18 Å². The summed E-state index contributed by atoms with van der Waals surface area (Å²) >= 11 is 0. The summed E-state index contributed by atoms with van der Waals surface area (Å²) in [5.74, 6) is -0.572. The van der Waals surface area contributed by atoms with E-state index < -0.39 is 5.91 Å². The molecule has 0 atom stereocenters. The van der Waals surface area contributed by atoms with Crippen LogP contribution in [0.25, 0.3) is 0 Å². The first-order valence-electron chi connectivity index (χ1n) is 3.16. The van der Waals surface area contributed by atoms with Gasteiger partial charge in [-0.15, -0.1) is 4.91 Å². The van der Waals surface area contributed by atoms with Crippen LogP contribution in [0.3, 0.4) is 0 Å². The van der Waals surface area contributed by atoms with Gasteiger partial charge in [0.05, 0.1) is 0 Å². The Morgan fingerprint density at radius 2 is 2.10 bits per heavy atom. The van der Waals surface area contributed by atoms with Crippen LogP contribution in [0.2, 0.25) is 0 Å². The highest BCUT2D eigenvalue weighted by atomic mass is 16.3. The van der Waals surface area contributed by atoms with Crippen LogP contribution in [-0.2, 0) is 4.79 Å². The highest BCUT2D eigenvalue weighted by molar-refractivity contribution is 5.76. The number of rotatable bonds is 3. The van der Waals surface area contributed by atoms with Crippen molar-refractivity contribution in [2.45, 2.75) is 26.7 Å². The van der Waals surface area contributed by atoms with Crippen LogP contribution in [0.1, 0.15) is 26.7 Å². The minimum absolute atomic E-state index is 0.231. The maximum Gasteiger partial charge on any atom is 0.286 e. The molecule has 0 aromatic rings. The van der Waals surface area contributed by atoms with Gasteiger partial charge in [-0.05, 0) is 20.3 Å². The van der Waals surface area contributed by atoms with Crippen molar-refractivity contribution in [3.8, 4) is 0 Å². The zero-order valence-electron chi connectivity index (χ0n) is 6.26. The van der Waals surface area contributed by atoms with E-state index >= 15 is 0 Å². The predicted octanol–water partition coefficient (Wildman–Crippen LogP) is 2.03.